The van der Waals surface area contributed by atoms with Crippen LogP contribution in [-0.4, -0.2) is 25.1 Å². The number of benzene rings is 2. The lowest BCUT2D eigenvalue weighted by molar-refractivity contribution is 0.0174. The van der Waals surface area contributed by atoms with Gasteiger partial charge in [0.1, 0.15) is 0 Å². The summed E-state index contributed by atoms with van der Waals surface area (Å²) >= 11 is 0. The van der Waals surface area contributed by atoms with Crippen LogP contribution in [0.5, 0.6) is 0 Å². The molecule has 0 unspecified atom stereocenters. The molecule has 10 heteroatoms. The molecule has 1 aromatic heterocycles. The summed E-state index contributed by atoms with van der Waals surface area (Å²) in [6.45, 7) is 2.38. The smallest absolute Gasteiger partial charge is 0.270 e. The van der Waals surface area contributed by atoms with Crippen molar-refractivity contribution >= 4 is 21.4 Å². The molecule has 0 saturated heterocycles. The molecule has 0 spiro atoms. The van der Waals surface area contributed by atoms with Crippen LogP contribution in [0.3, 0.4) is 0 Å². The number of nitrogens with two attached hydrogens (primary N) is 1. The Balaban J connectivity index is 1.91. The zero-order chi connectivity index (χ0) is 24.6. The van der Waals surface area contributed by atoms with Gasteiger partial charge in [0.2, 0.25) is 0 Å². The van der Waals surface area contributed by atoms with Gasteiger partial charge in [-0.1, -0.05) is 6.07 Å². The third kappa shape index (κ3) is 5.64. The lowest BCUT2D eigenvalue weighted by atomic mass is 10.0. The van der Waals surface area contributed by atoms with Crippen molar-refractivity contribution in [2.75, 3.05) is 12.0 Å². The van der Waals surface area contributed by atoms with E-state index in [1.54, 1.807) is 13.0 Å². The monoisotopic (exact) mass is 475 g/mol. The van der Waals surface area contributed by atoms with Crippen LogP contribution in [0.1, 0.15) is 41.4 Å². The van der Waals surface area contributed by atoms with Crippen molar-refractivity contribution in [1.29, 1.82) is 0 Å². The fourth-order valence-electron chi connectivity index (χ4n) is 3.23. The number of carbonyl (C=O) groups is 1. The molecule has 3 aromatic rings. The quantitative estimate of drug-likeness (QED) is 0.531. The first-order valence-corrected chi connectivity index (χ1v) is 11.8. The number of rotatable bonds is 6. The van der Waals surface area contributed by atoms with Crippen LogP contribution in [0.2, 0.25) is 0 Å². The molecule has 0 radical (unpaired) electrons. The maximum absolute atomic E-state index is 13.7. The Hall–Kier alpha value is -3.53. The van der Waals surface area contributed by atoms with Crippen LogP contribution < -0.4 is 16.6 Å². The summed E-state index contributed by atoms with van der Waals surface area (Å²) in [5.41, 5.74) is 5.96. The molecule has 0 saturated carbocycles. The summed E-state index contributed by atoms with van der Waals surface area (Å²) in [6.07, 6.45) is 2.34. The topological polar surface area (TPSA) is 111 Å². The Bertz CT molecular complexity index is 1380. The second kappa shape index (κ2) is 8.78. The molecule has 0 fully saturated rings. The first-order chi connectivity index (χ1) is 15.3. The lowest BCUT2D eigenvalue weighted by Gasteiger charge is -2.19. The van der Waals surface area contributed by atoms with Gasteiger partial charge in [0.15, 0.2) is 9.84 Å². The molecule has 2 aromatic carbocycles. The highest BCUT2D eigenvalue weighted by molar-refractivity contribution is 7.90. The minimum Gasteiger partial charge on any atom is -0.399 e. The number of nitrogens with one attached hydrogen (secondary N) is 1. The third-order valence-electron chi connectivity index (χ3n) is 5.03. The second-order valence-corrected chi connectivity index (χ2v) is 9.88. The predicted molar refractivity (Wildman–Crippen MR) is 121 cm³/mol. The summed E-state index contributed by atoms with van der Waals surface area (Å²) < 4.78 is 52.3. The van der Waals surface area contributed by atoms with Crippen LogP contribution in [0, 0.1) is 0 Å². The van der Waals surface area contributed by atoms with Crippen LogP contribution in [0.25, 0.3) is 5.69 Å². The number of hydrogen-bond acceptors (Lipinski definition) is 5. The van der Waals surface area contributed by atoms with Gasteiger partial charge in [0.05, 0.1) is 16.5 Å². The van der Waals surface area contributed by atoms with Crippen molar-refractivity contribution in [3.05, 3.63) is 87.8 Å². The van der Waals surface area contributed by atoms with Gasteiger partial charge in [-0.15, -0.1) is 0 Å². The largest absolute Gasteiger partial charge is 0.399 e. The highest BCUT2D eigenvalue weighted by atomic mass is 32.2. The maximum Gasteiger partial charge on any atom is 0.270 e. The van der Waals surface area contributed by atoms with Crippen molar-refractivity contribution in [3.63, 3.8) is 0 Å². The Kier molecular flexibility index (Phi) is 6.42. The van der Waals surface area contributed by atoms with Crippen LogP contribution in [0.4, 0.5) is 14.5 Å². The Morgan fingerprint density at radius 3 is 2.45 bits per heavy atom. The highest BCUT2D eigenvalue weighted by Crippen LogP contribution is 2.31. The number of anilines is 1. The molecular weight excluding hydrogens is 452 g/mol. The van der Waals surface area contributed by atoms with Gasteiger partial charge in [0.25, 0.3) is 17.4 Å². The molecule has 0 aliphatic heterocycles. The van der Waals surface area contributed by atoms with Crippen molar-refractivity contribution in [3.8, 4) is 5.69 Å². The number of aromatic nitrogens is 1. The minimum atomic E-state index is -3.50. The van der Waals surface area contributed by atoms with E-state index in [2.05, 4.69) is 5.32 Å². The van der Waals surface area contributed by atoms with Gasteiger partial charge in [-0.2, -0.15) is 0 Å². The molecule has 1 atom stereocenters. The zero-order valence-corrected chi connectivity index (χ0v) is 19.0. The van der Waals surface area contributed by atoms with Crippen molar-refractivity contribution in [2.45, 2.75) is 30.7 Å². The summed E-state index contributed by atoms with van der Waals surface area (Å²) in [4.78, 5) is 25.2. The number of amides is 1. The molecule has 174 valence electrons. The van der Waals surface area contributed by atoms with E-state index >= 15 is 0 Å². The van der Waals surface area contributed by atoms with E-state index < -0.39 is 33.3 Å². The molecule has 3 rings (SSSR count). The lowest BCUT2D eigenvalue weighted by Crippen LogP contribution is -2.29. The predicted octanol–water partition coefficient (Wildman–Crippen LogP) is 3.43. The summed E-state index contributed by atoms with van der Waals surface area (Å²) in [7, 11) is -3.50. The van der Waals surface area contributed by atoms with E-state index in [0.717, 1.165) is 17.7 Å². The van der Waals surface area contributed by atoms with Gasteiger partial charge in [-0.05, 0) is 55.0 Å². The first kappa shape index (κ1) is 24.1. The van der Waals surface area contributed by atoms with Crippen molar-refractivity contribution < 1.29 is 22.0 Å². The van der Waals surface area contributed by atoms with E-state index in [4.69, 9.17) is 5.73 Å². The second-order valence-electron chi connectivity index (χ2n) is 7.87. The van der Waals surface area contributed by atoms with E-state index in [9.17, 15) is 26.8 Å². The molecular formula is C23H23F2N3O4S. The molecule has 0 bridgehead atoms. The number of alkyl halides is 2. The highest BCUT2D eigenvalue weighted by Gasteiger charge is 2.26. The SMILES string of the molecule is C[C@@H](NC(=O)c1ccc(=O)n(-c2cccc(S(C)(=O)=O)c2)c1)c1cc(N)cc(C(C)(F)F)c1. The molecule has 3 N–H and O–H groups in total. The number of hydrogen-bond donors (Lipinski definition) is 2. The van der Waals surface area contributed by atoms with Crippen LogP contribution in [-0.2, 0) is 15.8 Å². The normalized spacial score (nSPS) is 12.9. The fraction of sp³-hybridized carbons (Fsp3) is 0.217. The van der Waals surface area contributed by atoms with E-state index in [1.807, 2.05) is 0 Å². The van der Waals surface area contributed by atoms with Gasteiger partial charge in [-0.3, -0.25) is 14.2 Å². The molecule has 1 amide bonds. The first-order valence-electron chi connectivity index (χ1n) is 9.88. The van der Waals surface area contributed by atoms with E-state index in [-0.39, 0.29) is 27.4 Å². The van der Waals surface area contributed by atoms with Gasteiger partial charge >= 0.3 is 0 Å². The van der Waals surface area contributed by atoms with Gasteiger partial charge in [-0.25, -0.2) is 17.2 Å². The van der Waals surface area contributed by atoms with Crippen molar-refractivity contribution in [2.24, 2.45) is 0 Å². The van der Waals surface area contributed by atoms with Crippen LogP contribution in [0.15, 0.2) is 70.5 Å². The molecule has 33 heavy (non-hydrogen) atoms. The van der Waals surface area contributed by atoms with Crippen LogP contribution >= 0.6 is 0 Å². The number of halogens is 2. The standard InChI is InChI=1S/C23H23F2N3O4S/c1-14(16-9-17(23(2,24)25)11-18(26)10-16)27-22(30)15-7-8-21(29)28(13-15)19-5-4-6-20(12-19)33(3,31)32/h4-14H,26H2,1-3H3,(H,27,30)/t14-/m1/s1. The summed E-state index contributed by atoms with van der Waals surface area (Å²) in [6, 6.07) is 11.6. The number of pyridine rings is 1. The Morgan fingerprint density at radius 1 is 1.12 bits per heavy atom. The third-order valence-corrected chi connectivity index (χ3v) is 6.14. The molecule has 0 aliphatic rings. The maximum atomic E-state index is 13.7. The fourth-order valence-corrected chi connectivity index (χ4v) is 3.89. The van der Waals surface area contributed by atoms with Crippen molar-refractivity contribution in [1.82, 2.24) is 9.88 Å². The molecule has 0 aliphatic carbocycles. The average molecular weight is 476 g/mol. The van der Waals surface area contributed by atoms with Gasteiger partial charge in [0, 0.05) is 42.4 Å². The summed E-state index contributed by atoms with van der Waals surface area (Å²) in [5.74, 6) is -3.65. The number of nitrogens with zero attached hydrogens (tertiary/aromatic N) is 1. The minimum absolute atomic E-state index is 0.0283. The zero-order valence-electron chi connectivity index (χ0n) is 18.2. The average Bonchev–Trinajstić information content (AvgIpc) is 2.72. The number of carbonyl (C=O) groups excluding carboxylic acids is 1. The number of nitrogen functional groups attached to an aromatic ring is 1. The Morgan fingerprint density at radius 2 is 1.82 bits per heavy atom. The van der Waals surface area contributed by atoms with Gasteiger partial charge < -0.3 is 11.1 Å². The van der Waals surface area contributed by atoms with E-state index in [1.165, 1.54) is 54.7 Å². The van der Waals surface area contributed by atoms with E-state index in [0.29, 0.717) is 5.56 Å². The summed E-state index contributed by atoms with van der Waals surface area (Å²) in [5, 5.41) is 2.70. The Labute approximate surface area is 189 Å². The molecule has 1 heterocycles. The number of sulfone groups is 1. The molecule has 7 nitrogen and oxygen atoms in total.